The molecule has 11 aromatic rings. The molecule has 4 aliphatic rings. The van der Waals surface area contributed by atoms with Gasteiger partial charge < -0.3 is 28.1 Å². The number of fused-ring (bicyclic) bond motifs is 4. The lowest BCUT2D eigenvalue weighted by Crippen LogP contribution is -2.46. The fraction of sp³-hybridized carbons (Fsp3) is 0.290. The van der Waals surface area contributed by atoms with E-state index in [9.17, 15) is 19.2 Å². The Bertz CT molecular complexity index is 4510. The fourth-order valence-corrected chi connectivity index (χ4v) is 13.6. The van der Waals surface area contributed by atoms with Crippen molar-refractivity contribution in [3.63, 3.8) is 0 Å². The second-order valence-electron chi connectivity index (χ2n) is 23.6. The second kappa shape index (κ2) is 25.3. The van der Waals surface area contributed by atoms with Crippen LogP contribution >= 0.6 is 11.3 Å². The van der Waals surface area contributed by atoms with E-state index in [1.165, 1.54) is 11.1 Å². The quantitative estimate of drug-likeness (QED) is 0.0861. The maximum atomic E-state index is 13.8. The number of carbonyl (C=O) groups is 4. The number of Topliss-reactive ketones (excluding diaryl/α,β-unsaturated/α-hetero) is 2. The summed E-state index contributed by atoms with van der Waals surface area (Å²) in [5.74, 6) is 2.12. The molecule has 2 saturated heterocycles. The first-order valence-electron chi connectivity index (χ1n) is 30.4. The number of benzene rings is 3. The number of amides is 2. The summed E-state index contributed by atoms with van der Waals surface area (Å²) in [6.07, 6.45) is 19.5. The van der Waals surface area contributed by atoms with Crippen LogP contribution in [0.25, 0.3) is 89.2 Å². The average molecular weight is 1240 g/mol. The van der Waals surface area contributed by atoms with Gasteiger partial charge in [-0.2, -0.15) is 10.2 Å². The number of ketones is 2. The van der Waals surface area contributed by atoms with Crippen molar-refractivity contribution in [1.82, 2.24) is 64.9 Å². The number of hydrogen-bond donors (Lipinski definition) is 2. The SMILES string of the molecule is CO[C@@]1(C(=O)Cc2ccc3[nH]nc(-c4cc5cnccc5o4)c3c2)CCN(CC(=O)N2CC=C(c3ccc(-c4ncccn4)cc3)CC2)C1.CO[C@@]1(C(=O)Cc2ccc3[nH]nc(-c4cc5cnccc5o4)c3c2)CCN(CC(=O)N2CC=C(c3nccs3)CC2)C1. The van der Waals surface area contributed by atoms with Crippen LogP contribution < -0.4 is 0 Å². The highest BCUT2D eigenvalue weighted by molar-refractivity contribution is 7.10. The van der Waals surface area contributed by atoms with E-state index in [2.05, 4.69) is 69.6 Å². The normalized spacial score (nSPS) is 18.9. The molecule has 91 heavy (non-hydrogen) atoms. The lowest BCUT2D eigenvalue weighted by molar-refractivity contribution is -0.140. The molecule has 12 heterocycles. The minimum atomic E-state index is -0.966. The van der Waals surface area contributed by atoms with E-state index in [0.717, 1.165) is 83.8 Å². The number of nitrogens with one attached hydrogen (secondary N) is 2. The zero-order valence-corrected chi connectivity index (χ0v) is 51.2. The van der Waals surface area contributed by atoms with Gasteiger partial charge in [0.15, 0.2) is 28.9 Å². The predicted molar refractivity (Wildman–Crippen MR) is 345 cm³/mol. The van der Waals surface area contributed by atoms with Crippen LogP contribution in [-0.4, -0.2) is 179 Å². The highest BCUT2D eigenvalue weighted by atomic mass is 32.1. The van der Waals surface area contributed by atoms with Crippen molar-refractivity contribution in [3.05, 3.63) is 174 Å². The molecule has 0 bridgehead atoms. The predicted octanol–water partition coefficient (Wildman–Crippen LogP) is 9.69. The Kier molecular flexibility index (Phi) is 16.4. The summed E-state index contributed by atoms with van der Waals surface area (Å²) in [6.45, 7) is 5.02. The highest BCUT2D eigenvalue weighted by Gasteiger charge is 2.46. The summed E-state index contributed by atoms with van der Waals surface area (Å²) in [6, 6.07) is 29.3. The second-order valence-corrected chi connectivity index (χ2v) is 24.5. The van der Waals surface area contributed by atoms with Crippen molar-refractivity contribution < 1.29 is 37.5 Å². The molecule has 2 N–H and O–H groups in total. The van der Waals surface area contributed by atoms with Crippen molar-refractivity contribution in [1.29, 1.82) is 0 Å². The van der Waals surface area contributed by atoms with Gasteiger partial charge in [0.05, 0.1) is 24.1 Å². The number of hydrogen-bond acceptors (Lipinski definition) is 18. The van der Waals surface area contributed by atoms with Crippen LogP contribution in [0.1, 0.15) is 47.4 Å². The van der Waals surface area contributed by atoms with Crippen molar-refractivity contribution in [3.8, 4) is 34.3 Å². The third kappa shape index (κ3) is 12.1. The summed E-state index contributed by atoms with van der Waals surface area (Å²) in [5, 5.41) is 21.7. The first-order valence-corrected chi connectivity index (χ1v) is 31.3. The molecule has 2 amide bonds. The minimum absolute atomic E-state index is 0.000418. The number of ether oxygens (including phenoxy) is 2. The molecule has 0 saturated carbocycles. The summed E-state index contributed by atoms with van der Waals surface area (Å²) < 4.78 is 23.8. The van der Waals surface area contributed by atoms with Gasteiger partial charge >= 0.3 is 0 Å². The lowest BCUT2D eigenvalue weighted by Gasteiger charge is -2.30. The third-order valence-electron chi connectivity index (χ3n) is 18.1. The van der Waals surface area contributed by atoms with E-state index in [0.29, 0.717) is 93.9 Å². The number of likely N-dealkylation sites (tertiary alicyclic amines) is 2. The van der Waals surface area contributed by atoms with E-state index in [1.54, 1.807) is 68.8 Å². The molecule has 2 atom stereocenters. The Morgan fingerprint density at radius 1 is 0.582 bits per heavy atom. The monoisotopic (exact) mass is 1240 g/mol. The number of thiazole rings is 1. The van der Waals surface area contributed by atoms with Crippen LogP contribution in [-0.2, 0) is 41.5 Å². The maximum Gasteiger partial charge on any atom is 0.237 e. The Morgan fingerprint density at radius 2 is 1.10 bits per heavy atom. The molecular weight excluding hydrogens is 1170 g/mol. The molecule has 21 nitrogen and oxygen atoms in total. The van der Waals surface area contributed by atoms with Gasteiger partial charge in [0.25, 0.3) is 0 Å². The molecule has 22 heteroatoms. The standard InChI is InChI=1S/C38H35N7O4.C31H30N6O4S/c1-48-38(34(46)20-25-3-8-31-30(19-25)36(43-42-31)33-21-29-22-39-15-9-32(29)49-33)12-18-44(24-38)23-35(47)45-16-10-27(11-17-45)26-4-6-28(7-5-26)37-40-13-2-14-41-37;1-40-31(7-12-36(19-31)18-28(39)37-10-5-21(6-11-37)30-33-9-13-42-30)27(38)15-20-2-3-24-23(14-20)29(35-34-24)26-16-22-17-32-8-4-25(22)41-26/h2-10,13-15,19,21-22H,11-12,16-18,20,23-24H2,1H3,(H,42,43);2-5,8-9,13-14,16-17H,6-7,10-12,15,18-19H2,1H3,(H,34,35)/t38-;31-/m00/s1. The third-order valence-corrected chi connectivity index (χ3v) is 19.0. The molecule has 0 radical (unpaired) electrons. The van der Waals surface area contributed by atoms with Crippen LogP contribution in [0.4, 0.5) is 0 Å². The van der Waals surface area contributed by atoms with Crippen LogP contribution in [0, 0.1) is 0 Å². The first kappa shape index (κ1) is 58.9. The number of aromatic amines is 2. The molecule has 0 spiro atoms. The topological polar surface area (TPSA) is 248 Å². The average Bonchev–Trinajstić information content (AvgIpc) is 1.93. The van der Waals surface area contributed by atoms with Gasteiger partial charge in [-0.3, -0.25) is 49.1 Å². The summed E-state index contributed by atoms with van der Waals surface area (Å²) in [7, 11) is 3.18. The summed E-state index contributed by atoms with van der Waals surface area (Å²) in [4.78, 5) is 83.2. The van der Waals surface area contributed by atoms with Gasteiger partial charge in [0.2, 0.25) is 11.8 Å². The van der Waals surface area contributed by atoms with Gasteiger partial charge in [0, 0.05) is 155 Å². The number of pyridine rings is 2. The molecule has 460 valence electrons. The molecule has 0 aliphatic carbocycles. The number of aromatic nitrogens is 9. The van der Waals surface area contributed by atoms with Gasteiger partial charge in [-0.15, -0.1) is 11.3 Å². The first-order chi connectivity index (χ1) is 44.5. The molecule has 2 fully saturated rings. The Hall–Kier alpha value is -9.71. The maximum absolute atomic E-state index is 13.8. The van der Waals surface area contributed by atoms with Gasteiger partial charge in [-0.25, -0.2) is 15.0 Å². The molecule has 3 aromatic carbocycles. The van der Waals surface area contributed by atoms with E-state index in [-0.39, 0.29) is 49.3 Å². The lowest BCUT2D eigenvalue weighted by atomic mass is 9.91. The number of furan rings is 2. The molecular formula is C69H65N13O8S. The largest absolute Gasteiger partial charge is 0.454 e. The molecule has 4 aliphatic heterocycles. The van der Waals surface area contributed by atoms with Gasteiger partial charge in [0.1, 0.15) is 38.8 Å². The number of rotatable bonds is 17. The molecule has 15 rings (SSSR count). The van der Waals surface area contributed by atoms with Crippen LogP contribution in [0.2, 0.25) is 0 Å². The number of H-pyrrole nitrogens is 2. The number of nitrogens with zero attached hydrogens (tertiary/aromatic N) is 11. The van der Waals surface area contributed by atoms with E-state index >= 15 is 0 Å². The van der Waals surface area contributed by atoms with Gasteiger partial charge in [-0.1, -0.05) is 48.6 Å². The van der Waals surface area contributed by atoms with Crippen molar-refractivity contribution in [2.24, 2.45) is 0 Å². The van der Waals surface area contributed by atoms with E-state index in [4.69, 9.17) is 18.3 Å². The highest BCUT2D eigenvalue weighted by Crippen LogP contribution is 2.36. The van der Waals surface area contributed by atoms with Crippen molar-refractivity contribution in [2.45, 2.75) is 49.7 Å². The fourth-order valence-electron chi connectivity index (χ4n) is 12.9. The molecule has 0 unspecified atom stereocenters. The smallest absolute Gasteiger partial charge is 0.237 e. The molecule has 8 aromatic heterocycles. The number of carbonyl (C=O) groups excluding carboxylic acids is 4. The Morgan fingerprint density at radius 3 is 1.57 bits per heavy atom. The minimum Gasteiger partial charge on any atom is -0.454 e. The summed E-state index contributed by atoms with van der Waals surface area (Å²) in [5.41, 5.74) is 8.93. The van der Waals surface area contributed by atoms with Crippen LogP contribution in [0.5, 0.6) is 0 Å². The Balaban J connectivity index is 0.000000160. The van der Waals surface area contributed by atoms with Crippen LogP contribution in [0.15, 0.2) is 161 Å². The Labute approximate surface area is 526 Å². The van der Waals surface area contributed by atoms with E-state index in [1.807, 2.05) is 104 Å². The van der Waals surface area contributed by atoms with Crippen molar-refractivity contribution in [2.75, 3.05) is 79.7 Å². The number of methoxy groups -OCH3 is 2. The zero-order chi connectivity index (χ0) is 62.1. The zero-order valence-electron chi connectivity index (χ0n) is 50.3. The van der Waals surface area contributed by atoms with Crippen molar-refractivity contribution >= 4 is 89.6 Å². The van der Waals surface area contributed by atoms with E-state index < -0.39 is 11.2 Å². The van der Waals surface area contributed by atoms with Crippen LogP contribution in [0.3, 0.4) is 0 Å². The van der Waals surface area contributed by atoms with Gasteiger partial charge in [-0.05, 0) is 108 Å². The summed E-state index contributed by atoms with van der Waals surface area (Å²) >= 11 is 1.62.